The van der Waals surface area contributed by atoms with E-state index in [1.165, 1.54) is 16.3 Å². The van der Waals surface area contributed by atoms with Crippen LogP contribution in [0.5, 0.6) is 0 Å². The van der Waals surface area contributed by atoms with E-state index in [1.807, 2.05) is 12.1 Å². The van der Waals surface area contributed by atoms with E-state index in [9.17, 15) is 14.4 Å². The van der Waals surface area contributed by atoms with Crippen molar-refractivity contribution in [1.82, 2.24) is 9.80 Å². The molecule has 0 bridgehead atoms. The van der Waals surface area contributed by atoms with Crippen LogP contribution in [0.3, 0.4) is 0 Å². The number of imide groups is 1. The Morgan fingerprint density at radius 2 is 1.71 bits per heavy atom. The predicted octanol–water partition coefficient (Wildman–Crippen LogP) is 5.68. The molecule has 3 fully saturated rings. The number of rotatable bonds is 7. The number of amides is 3. The van der Waals surface area contributed by atoms with Gasteiger partial charge in [0, 0.05) is 19.6 Å². The number of carbonyl (C=O) groups excluding carboxylic acids is 3. The maximum atomic E-state index is 13.1. The van der Waals surface area contributed by atoms with Gasteiger partial charge in [0.25, 0.3) is 17.7 Å². The van der Waals surface area contributed by atoms with Crippen LogP contribution in [0.4, 0.5) is 5.69 Å². The summed E-state index contributed by atoms with van der Waals surface area (Å²) in [5.41, 5.74) is 13.3. The number of nitrogens with two attached hydrogens (primary N) is 1. The van der Waals surface area contributed by atoms with Gasteiger partial charge in [-0.2, -0.15) is 0 Å². The smallest absolute Gasteiger partial charge is 0.261 e. The molecule has 1 saturated heterocycles. The molecule has 7 heteroatoms. The van der Waals surface area contributed by atoms with Crippen LogP contribution in [0.15, 0.2) is 82.8 Å². The minimum absolute atomic E-state index is 0.0230. The van der Waals surface area contributed by atoms with Crippen LogP contribution in [0, 0.1) is 18.3 Å². The second-order valence-corrected chi connectivity index (χ2v) is 12.6. The Morgan fingerprint density at radius 3 is 2.38 bits per heavy atom. The normalized spacial score (nSPS) is 25.8. The van der Waals surface area contributed by atoms with Crippen molar-refractivity contribution in [2.24, 2.45) is 17.1 Å². The number of anilines is 1. The summed E-state index contributed by atoms with van der Waals surface area (Å²) in [6, 6.07) is 15.5. The molecule has 2 aliphatic carbocycles. The third-order valence-corrected chi connectivity index (χ3v) is 10.1. The van der Waals surface area contributed by atoms with E-state index in [-0.39, 0.29) is 23.1 Å². The highest BCUT2D eigenvalue weighted by Crippen LogP contribution is 2.60. The number of carbonyl (C=O) groups is 3. The summed E-state index contributed by atoms with van der Waals surface area (Å²) in [6.45, 7) is 6.46. The van der Waals surface area contributed by atoms with Crippen LogP contribution < -0.4 is 10.6 Å². The molecule has 0 aromatic heterocycles. The van der Waals surface area contributed by atoms with Crippen molar-refractivity contribution in [3.63, 3.8) is 0 Å². The first-order valence-corrected chi connectivity index (χ1v) is 15.4. The predicted molar refractivity (Wildman–Crippen MR) is 162 cm³/mol. The lowest BCUT2D eigenvalue weighted by Crippen LogP contribution is -2.46. The van der Waals surface area contributed by atoms with Gasteiger partial charge in [0.05, 0.1) is 28.1 Å². The number of fused-ring (bicyclic) bond motifs is 3. The first kappa shape index (κ1) is 26.7. The fourth-order valence-electron chi connectivity index (χ4n) is 7.80. The third-order valence-electron chi connectivity index (χ3n) is 10.1. The van der Waals surface area contributed by atoms with Gasteiger partial charge in [0.1, 0.15) is 5.82 Å². The van der Waals surface area contributed by atoms with Crippen molar-refractivity contribution in [3.05, 3.63) is 99.5 Å². The van der Waals surface area contributed by atoms with Crippen molar-refractivity contribution in [2.45, 2.75) is 58.8 Å². The van der Waals surface area contributed by atoms with Gasteiger partial charge in [-0.05, 0) is 91.7 Å². The van der Waals surface area contributed by atoms with Gasteiger partial charge in [0.2, 0.25) is 0 Å². The van der Waals surface area contributed by atoms with Gasteiger partial charge < -0.3 is 10.6 Å². The highest BCUT2D eigenvalue weighted by atomic mass is 16.2. The summed E-state index contributed by atoms with van der Waals surface area (Å²) < 4.78 is 0. The Labute approximate surface area is 247 Å². The Morgan fingerprint density at radius 1 is 1.02 bits per heavy atom. The summed E-state index contributed by atoms with van der Waals surface area (Å²) in [7, 11) is 0. The number of likely N-dealkylation sites (tertiary alicyclic amines) is 1. The Bertz CT molecular complexity index is 1580. The van der Waals surface area contributed by atoms with Crippen molar-refractivity contribution in [1.29, 1.82) is 0 Å². The average molecular weight is 563 g/mol. The molecule has 2 saturated carbocycles. The van der Waals surface area contributed by atoms with Gasteiger partial charge in [-0.1, -0.05) is 49.8 Å². The molecule has 0 radical (unpaired) electrons. The molecule has 2 aromatic rings. The van der Waals surface area contributed by atoms with E-state index in [0.29, 0.717) is 29.2 Å². The van der Waals surface area contributed by atoms with E-state index in [2.05, 4.69) is 54.0 Å². The molecular weight excluding hydrogens is 524 g/mol. The highest BCUT2D eigenvalue weighted by molar-refractivity contribution is 6.21. The number of primary amides is 1. The average Bonchev–Trinajstić information content (AvgIpc) is 3.40. The SMILES string of the molecule is CCC/C=C1\C(C(N)=O)=C2CCCC2=C(N2CCC3(CN4C(=O)c5ccccc5C4=O)CC3C2)N1c1ccccc1C. The topological polar surface area (TPSA) is 87.0 Å². The van der Waals surface area contributed by atoms with Crippen molar-refractivity contribution < 1.29 is 14.4 Å². The Hall–Kier alpha value is -4.13. The number of aryl methyl sites for hydroxylation is 1. The summed E-state index contributed by atoms with van der Waals surface area (Å²) >= 11 is 0. The maximum Gasteiger partial charge on any atom is 0.261 e. The quantitative estimate of drug-likeness (QED) is 0.439. The van der Waals surface area contributed by atoms with E-state index in [1.54, 1.807) is 12.1 Å². The lowest BCUT2D eigenvalue weighted by Gasteiger charge is -2.45. The first-order chi connectivity index (χ1) is 20.3. The number of para-hydroxylation sites is 1. The van der Waals surface area contributed by atoms with Gasteiger partial charge >= 0.3 is 0 Å². The molecule has 2 atom stereocenters. The maximum absolute atomic E-state index is 13.1. The number of unbranched alkanes of at least 4 members (excludes halogenated alkanes) is 1. The van der Waals surface area contributed by atoms with Gasteiger partial charge in [-0.15, -0.1) is 0 Å². The number of allylic oxidation sites excluding steroid dienone is 3. The molecule has 7 nitrogen and oxygen atoms in total. The number of hydrogen-bond acceptors (Lipinski definition) is 5. The molecular formula is C35H38N4O3. The van der Waals surface area contributed by atoms with Crippen molar-refractivity contribution in [2.75, 3.05) is 24.5 Å². The minimum Gasteiger partial charge on any atom is -0.366 e. The van der Waals surface area contributed by atoms with Gasteiger partial charge in [0.15, 0.2) is 0 Å². The molecule has 5 aliphatic rings. The van der Waals surface area contributed by atoms with E-state index in [4.69, 9.17) is 5.73 Å². The van der Waals surface area contributed by atoms with Crippen LogP contribution in [-0.4, -0.2) is 47.2 Å². The summed E-state index contributed by atoms with van der Waals surface area (Å²) in [6.07, 6.45) is 8.75. The fraction of sp³-hybridized carbons (Fsp3) is 0.400. The molecule has 3 heterocycles. The molecule has 2 N–H and O–H groups in total. The number of piperidine rings is 1. The lowest BCUT2D eigenvalue weighted by atomic mass is 9.90. The standard InChI is InChI=1S/C35H38N4O3/c1-3-4-15-29-30(31(36)40)24-13-9-14-25(24)32(39(29)28-16-8-5-10-22(28)2)37-18-17-35(19-23(35)20-37)21-38-33(41)26-11-6-7-12-27(26)34(38)42/h5-8,10-12,15-16,23H,3-4,9,13-14,17-21H2,1-2H3,(H2,36,40)/b29-15+. The summed E-state index contributed by atoms with van der Waals surface area (Å²) in [5.74, 6) is 0.908. The zero-order valence-electron chi connectivity index (χ0n) is 24.5. The molecule has 0 spiro atoms. The van der Waals surface area contributed by atoms with E-state index in [0.717, 1.165) is 80.6 Å². The highest BCUT2D eigenvalue weighted by Gasteiger charge is 2.59. The fourth-order valence-corrected chi connectivity index (χ4v) is 7.80. The largest absolute Gasteiger partial charge is 0.366 e. The lowest BCUT2D eigenvalue weighted by molar-refractivity contribution is -0.114. The molecule has 2 unspecified atom stereocenters. The molecule has 3 aliphatic heterocycles. The third kappa shape index (κ3) is 4.04. The first-order valence-electron chi connectivity index (χ1n) is 15.4. The second kappa shape index (κ2) is 10.0. The number of benzene rings is 2. The van der Waals surface area contributed by atoms with Crippen molar-refractivity contribution >= 4 is 23.4 Å². The second-order valence-electron chi connectivity index (χ2n) is 12.6. The zero-order chi connectivity index (χ0) is 29.2. The summed E-state index contributed by atoms with van der Waals surface area (Å²) in [5, 5.41) is 0. The van der Waals surface area contributed by atoms with Crippen LogP contribution in [0.2, 0.25) is 0 Å². The molecule has 7 rings (SSSR count). The summed E-state index contributed by atoms with van der Waals surface area (Å²) in [4.78, 5) is 45.6. The minimum atomic E-state index is -0.356. The monoisotopic (exact) mass is 562 g/mol. The Balaban J connectivity index is 1.24. The van der Waals surface area contributed by atoms with Gasteiger partial charge in [-0.3, -0.25) is 24.2 Å². The number of hydrogen-bond donors (Lipinski definition) is 1. The molecule has 2 aromatic carbocycles. The molecule has 216 valence electrons. The molecule has 3 amide bonds. The van der Waals surface area contributed by atoms with E-state index < -0.39 is 0 Å². The number of nitrogens with zero attached hydrogens (tertiary/aromatic N) is 3. The van der Waals surface area contributed by atoms with E-state index >= 15 is 0 Å². The van der Waals surface area contributed by atoms with Crippen LogP contribution in [0.1, 0.15) is 78.1 Å². The van der Waals surface area contributed by atoms with Crippen LogP contribution >= 0.6 is 0 Å². The molecule has 42 heavy (non-hydrogen) atoms. The van der Waals surface area contributed by atoms with Crippen LogP contribution in [0.25, 0.3) is 0 Å². The van der Waals surface area contributed by atoms with Gasteiger partial charge in [-0.25, -0.2) is 0 Å². The van der Waals surface area contributed by atoms with Crippen LogP contribution in [-0.2, 0) is 4.79 Å². The zero-order valence-corrected chi connectivity index (χ0v) is 24.5. The van der Waals surface area contributed by atoms with Crippen molar-refractivity contribution in [3.8, 4) is 0 Å². The Kier molecular flexibility index (Phi) is 6.37.